The number of carbonyl (C=O) groups is 2. The van der Waals surface area contributed by atoms with Crippen molar-refractivity contribution in [1.82, 2.24) is 5.32 Å². The fraction of sp³-hybridized carbons (Fsp3) is 0.429. The molecule has 104 valence electrons. The second-order valence-corrected chi connectivity index (χ2v) is 4.58. The summed E-state index contributed by atoms with van der Waals surface area (Å²) in [6.07, 6.45) is 1.07. The molecule has 0 spiro atoms. The molecule has 0 fully saturated rings. The van der Waals surface area contributed by atoms with Gasteiger partial charge < -0.3 is 16.2 Å². The van der Waals surface area contributed by atoms with Gasteiger partial charge >= 0.3 is 5.97 Å². The molecule has 1 unspecified atom stereocenters. The predicted molar refractivity (Wildman–Crippen MR) is 72.6 cm³/mol. The Balaban J connectivity index is 2.71. The van der Waals surface area contributed by atoms with E-state index in [9.17, 15) is 9.59 Å². The second kappa shape index (κ2) is 6.89. The SMILES string of the molecule is CCC[C@@H](NC(=O)C(N)c1ccc(C)cc1)C(=O)O. The first-order valence-electron chi connectivity index (χ1n) is 6.31. The Morgan fingerprint density at radius 3 is 2.37 bits per heavy atom. The zero-order chi connectivity index (χ0) is 14.4. The van der Waals surface area contributed by atoms with Crippen molar-refractivity contribution < 1.29 is 14.7 Å². The van der Waals surface area contributed by atoms with E-state index in [-0.39, 0.29) is 0 Å². The van der Waals surface area contributed by atoms with Crippen LogP contribution in [-0.2, 0) is 9.59 Å². The number of nitrogens with two attached hydrogens (primary N) is 1. The Morgan fingerprint density at radius 1 is 1.32 bits per heavy atom. The molecule has 1 amide bonds. The first-order chi connectivity index (χ1) is 8.95. The summed E-state index contributed by atoms with van der Waals surface area (Å²) >= 11 is 0. The lowest BCUT2D eigenvalue weighted by Crippen LogP contribution is -2.44. The molecule has 0 aromatic heterocycles. The van der Waals surface area contributed by atoms with E-state index >= 15 is 0 Å². The summed E-state index contributed by atoms with van der Waals surface area (Å²) in [6.45, 7) is 3.80. The van der Waals surface area contributed by atoms with Crippen LogP contribution in [0.2, 0.25) is 0 Å². The van der Waals surface area contributed by atoms with Crippen molar-refractivity contribution in [3.63, 3.8) is 0 Å². The molecule has 1 aromatic carbocycles. The lowest BCUT2D eigenvalue weighted by atomic mass is 10.0. The fourth-order valence-electron chi connectivity index (χ4n) is 1.73. The molecule has 5 nitrogen and oxygen atoms in total. The minimum atomic E-state index is -1.04. The summed E-state index contributed by atoms with van der Waals surface area (Å²) in [5, 5.41) is 11.5. The molecule has 4 N–H and O–H groups in total. The van der Waals surface area contributed by atoms with Crippen LogP contribution < -0.4 is 11.1 Å². The molecule has 0 aliphatic heterocycles. The molecule has 0 radical (unpaired) electrons. The molecular weight excluding hydrogens is 244 g/mol. The maximum absolute atomic E-state index is 11.9. The van der Waals surface area contributed by atoms with Crippen molar-refractivity contribution in [2.75, 3.05) is 0 Å². The van der Waals surface area contributed by atoms with Crippen molar-refractivity contribution >= 4 is 11.9 Å². The Morgan fingerprint density at radius 2 is 1.89 bits per heavy atom. The van der Waals surface area contributed by atoms with Crippen LogP contribution in [0.5, 0.6) is 0 Å². The average Bonchev–Trinajstić information content (AvgIpc) is 2.38. The average molecular weight is 264 g/mol. The lowest BCUT2D eigenvalue weighted by Gasteiger charge is -2.17. The highest BCUT2D eigenvalue weighted by atomic mass is 16.4. The number of nitrogens with one attached hydrogen (secondary N) is 1. The van der Waals surface area contributed by atoms with Gasteiger partial charge in [-0.05, 0) is 18.9 Å². The molecule has 0 aliphatic rings. The highest BCUT2D eigenvalue weighted by molar-refractivity contribution is 5.87. The lowest BCUT2D eigenvalue weighted by molar-refractivity contribution is -0.142. The van der Waals surface area contributed by atoms with Crippen LogP contribution in [0.4, 0.5) is 0 Å². The van der Waals surface area contributed by atoms with Crippen LogP contribution in [-0.4, -0.2) is 23.0 Å². The van der Waals surface area contributed by atoms with Crippen LogP contribution in [0, 0.1) is 6.92 Å². The van der Waals surface area contributed by atoms with Crippen LogP contribution in [0.25, 0.3) is 0 Å². The molecule has 5 heteroatoms. The number of aliphatic carboxylic acids is 1. The third kappa shape index (κ3) is 4.37. The van der Waals surface area contributed by atoms with Crippen LogP contribution >= 0.6 is 0 Å². The molecule has 1 aromatic rings. The van der Waals surface area contributed by atoms with Gasteiger partial charge in [0, 0.05) is 0 Å². The van der Waals surface area contributed by atoms with Crippen LogP contribution in [0.3, 0.4) is 0 Å². The minimum Gasteiger partial charge on any atom is -0.480 e. The van der Waals surface area contributed by atoms with E-state index in [0.717, 1.165) is 5.56 Å². The molecule has 19 heavy (non-hydrogen) atoms. The summed E-state index contributed by atoms with van der Waals surface area (Å²) in [5.41, 5.74) is 7.57. The van der Waals surface area contributed by atoms with Crippen LogP contribution in [0.1, 0.15) is 36.9 Å². The third-order valence-corrected chi connectivity index (χ3v) is 2.91. The Labute approximate surface area is 112 Å². The van der Waals surface area contributed by atoms with E-state index in [1.165, 1.54) is 0 Å². The number of carboxylic acids is 1. The van der Waals surface area contributed by atoms with E-state index in [1.54, 1.807) is 12.1 Å². The van der Waals surface area contributed by atoms with Gasteiger partial charge in [-0.1, -0.05) is 43.2 Å². The third-order valence-electron chi connectivity index (χ3n) is 2.91. The monoisotopic (exact) mass is 264 g/mol. The number of benzene rings is 1. The number of rotatable bonds is 6. The van der Waals surface area contributed by atoms with Gasteiger partial charge in [0.2, 0.25) is 5.91 Å². The first kappa shape index (κ1) is 15.2. The molecule has 0 bridgehead atoms. The Bertz CT molecular complexity index is 443. The second-order valence-electron chi connectivity index (χ2n) is 4.58. The van der Waals surface area contributed by atoms with E-state index < -0.39 is 24.0 Å². The summed E-state index contributed by atoms with van der Waals surface area (Å²) < 4.78 is 0. The normalized spacial score (nSPS) is 13.6. The van der Waals surface area contributed by atoms with E-state index in [0.29, 0.717) is 18.4 Å². The molecule has 0 saturated carbocycles. The molecule has 2 atom stereocenters. The van der Waals surface area contributed by atoms with E-state index in [1.807, 2.05) is 26.0 Å². The maximum atomic E-state index is 11.9. The Kier molecular flexibility index (Phi) is 5.51. The van der Waals surface area contributed by atoms with Gasteiger partial charge in [0.1, 0.15) is 12.1 Å². The topological polar surface area (TPSA) is 92.4 Å². The highest BCUT2D eigenvalue weighted by Crippen LogP contribution is 2.12. The zero-order valence-electron chi connectivity index (χ0n) is 11.2. The van der Waals surface area contributed by atoms with Crippen LogP contribution in [0.15, 0.2) is 24.3 Å². The fourth-order valence-corrected chi connectivity index (χ4v) is 1.73. The van der Waals surface area contributed by atoms with Gasteiger partial charge in [-0.25, -0.2) is 4.79 Å². The summed E-state index contributed by atoms with van der Waals surface area (Å²) in [6, 6.07) is 5.55. The molecule has 0 aliphatic carbocycles. The van der Waals surface area contributed by atoms with Crippen molar-refractivity contribution in [3.8, 4) is 0 Å². The van der Waals surface area contributed by atoms with Gasteiger partial charge in [0.25, 0.3) is 0 Å². The van der Waals surface area contributed by atoms with Gasteiger partial charge in [0.05, 0.1) is 0 Å². The zero-order valence-corrected chi connectivity index (χ0v) is 11.2. The molecule has 0 heterocycles. The van der Waals surface area contributed by atoms with Crippen molar-refractivity contribution in [3.05, 3.63) is 35.4 Å². The summed E-state index contributed by atoms with van der Waals surface area (Å²) in [4.78, 5) is 22.9. The largest absolute Gasteiger partial charge is 0.480 e. The highest BCUT2D eigenvalue weighted by Gasteiger charge is 2.23. The number of aryl methyl sites for hydroxylation is 1. The quantitative estimate of drug-likeness (QED) is 0.723. The van der Waals surface area contributed by atoms with E-state index in [2.05, 4.69) is 5.32 Å². The van der Waals surface area contributed by atoms with Crippen molar-refractivity contribution in [2.24, 2.45) is 5.73 Å². The smallest absolute Gasteiger partial charge is 0.326 e. The molecule has 1 rings (SSSR count). The number of carbonyl (C=O) groups excluding carboxylic acids is 1. The maximum Gasteiger partial charge on any atom is 0.326 e. The summed E-state index contributed by atoms with van der Waals surface area (Å²) in [7, 11) is 0. The van der Waals surface area contributed by atoms with E-state index in [4.69, 9.17) is 10.8 Å². The first-order valence-corrected chi connectivity index (χ1v) is 6.31. The number of amides is 1. The number of hydrogen-bond acceptors (Lipinski definition) is 3. The molecule has 0 saturated heterocycles. The van der Waals surface area contributed by atoms with Gasteiger partial charge in [-0.3, -0.25) is 4.79 Å². The predicted octanol–water partition coefficient (Wildman–Crippen LogP) is 1.36. The number of carboxylic acid groups (broad SMARTS) is 1. The van der Waals surface area contributed by atoms with Gasteiger partial charge in [-0.15, -0.1) is 0 Å². The summed E-state index contributed by atoms with van der Waals surface area (Å²) in [5.74, 6) is -1.50. The number of hydrogen-bond donors (Lipinski definition) is 3. The van der Waals surface area contributed by atoms with Crippen molar-refractivity contribution in [1.29, 1.82) is 0 Å². The Hall–Kier alpha value is -1.88. The minimum absolute atomic E-state index is 0.391. The standard InChI is InChI=1S/C14H20N2O3/c1-3-4-11(14(18)19)16-13(17)12(15)10-7-5-9(2)6-8-10/h5-8,11-12H,3-4,15H2,1-2H3,(H,16,17)(H,18,19)/t11-,12?/m1/s1. The van der Waals surface area contributed by atoms with Gasteiger partial charge in [-0.2, -0.15) is 0 Å². The van der Waals surface area contributed by atoms with Crippen molar-refractivity contribution in [2.45, 2.75) is 38.8 Å². The van der Waals surface area contributed by atoms with Gasteiger partial charge in [0.15, 0.2) is 0 Å². The molecular formula is C14H20N2O3.